The summed E-state index contributed by atoms with van der Waals surface area (Å²) in [5, 5.41) is 10.9. The maximum Gasteiger partial charge on any atom is 0.300 e. The number of aliphatic hydroxyl groups is 1. The Morgan fingerprint density at radius 1 is 0.929 bits per heavy atom. The fourth-order valence-corrected chi connectivity index (χ4v) is 3.53. The number of carbonyl (C=O) groups is 2. The van der Waals surface area contributed by atoms with Crippen LogP contribution in [0.25, 0.3) is 5.76 Å². The Kier molecular flexibility index (Phi) is 4.49. The lowest BCUT2D eigenvalue weighted by molar-refractivity contribution is -0.132. The third kappa shape index (κ3) is 2.87. The average Bonchev–Trinajstić information content (AvgIpc) is 3.00. The van der Waals surface area contributed by atoms with Crippen molar-refractivity contribution in [3.05, 3.63) is 101 Å². The van der Waals surface area contributed by atoms with Gasteiger partial charge in [-0.1, -0.05) is 48.5 Å². The summed E-state index contributed by atoms with van der Waals surface area (Å²) >= 11 is 0. The molecule has 1 aliphatic heterocycles. The number of para-hydroxylation sites is 1. The molecular weight excluding hydrogens is 352 g/mol. The van der Waals surface area contributed by atoms with E-state index >= 15 is 0 Å². The molecule has 2 aromatic carbocycles. The van der Waals surface area contributed by atoms with E-state index in [4.69, 9.17) is 0 Å². The summed E-state index contributed by atoms with van der Waals surface area (Å²) in [6, 6.07) is 18.9. The van der Waals surface area contributed by atoms with Crippen LogP contribution in [0.5, 0.6) is 0 Å². The number of Topliss-reactive ketones (excluding diaryl/α,β-unsaturated/α-hetero) is 1. The number of hydrogen-bond acceptors (Lipinski definition) is 4. The van der Waals surface area contributed by atoms with E-state index < -0.39 is 17.7 Å². The second kappa shape index (κ2) is 7.12. The van der Waals surface area contributed by atoms with Gasteiger partial charge in [-0.15, -0.1) is 0 Å². The van der Waals surface area contributed by atoms with Crippen molar-refractivity contribution in [1.82, 2.24) is 4.98 Å². The minimum absolute atomic E-state index is 0.0747. The van der Waals surface area contributed by atoms with Crippen molar-refractivity contribution in [2.24, 2.45) is 0 Å². The molecule has 1 unspecified atom stereocenters. The first-order chi connectivity index (χ1) is 13.6. The first kappa shape index (κ1) is 17.7. The molecule has 1 amide bonds. The molecule has 0 radical (unpaired) electrons. The molecule has 2 heterocycles. The number of rotatable bonds is 3. The van der Waals surface area contributed by atoms with Crippen LogP contribution in [0.4, 0.5) is 5.69 Å². The van der Waals surface area contributed by atoms with Crippen LogP contribution in [-0.2, 0) is 9.59 Å². The van der Waals surface area contributed by atoms with Crippen molar-refractivity contribution in [2.75, 3.05) is 4.90 Å². The number of anilines is 1. The van der Waals surface area contributed by atoms with Gasteiger partial charge in [-0.3, -0.25) is 19.5 Å². The number of aliphatic hydroxyl groups excluding tert-OH is 1. The predicted molar refractivity (Wildman–Crippen MR) is 107 cm³/mol. The number of ketones is 1. The van der Waals surface area contributed by atoms with Gasteiger partial charge in [-0.05, 0) is 36.2 Å². The van der Waals surface area contributed by atoms with E-state index in [9.17, 15) is 14.7 Å². The quantitative estimate of drug-likeness (QED) is 0.429. The van der Waals surface area contributed by atoms with Gasteiger partial charge in [-0.25, -0.2) is 0 Å². The smallest absolute Gasteiger partial charge is 0.300 e. The van der Waals surface area contributed by atoms with Crippen LogP contribution in [0, 0.1) is 6.92 Å². The highest BCUT2D eigenvalue weighted by Crippen LogP contribution is 2.42. The van der Waals surface area contributed by atoms with E-state index in [2.05, 4.69) is 4.98 Å². The van der Waals surface area contributed by atoms with Gasteiger partial charge in [0.15, 0.2) is 0 Å². The van der Waals surface area contributed by atoms with Crippen LogP contribution in [-0.4, -0.2) is 21.8 Å². The van der Waals surface area contributed by atoms with Crippen LogP contribution in [0.1, 0.15) is 22.7 Å². The maximum absolute atomic E-state index is 13.0. The minimum atomic E-state index is -0.732. The van der Waals surface area contributed by atoms with Crippen LogP contribution in [0.15, 0.2) is 84.7 Å². The summed E-state index contributed by atoms with van der Waals surface area (Å²) in [5.41, 5.74) is 2.77. The number of benzene rings is 2. The highest BCUT2D eigenvalue weighted by molar-refractivity contribution is 6.51. The van der Waals surface area contributed by atoms with Crippen LogP contribution < -0.4 is 4.90 Å². The fraction of sp³-hybridized carbons (Fsp3) is 0.0870. The monoisotopic (exact) mass is 370 g/mol. The summed E-state index contributed by atoms with van der Waals surface area (Å²) in [5.74, 6) is -1.54. The third-order valence-corrected chi connectivity index (χ3v) is 4.89. The number of aromatic nitrogens is 1. The molecule has 1 atom stereocenters. The summed E-state index contributed by atoms with van der Waals surface area (Å²) in [4.78, 5) is 31.5. The molecule has 0 saturated carbocycles. The highest BCUT2D eigenvalue weighted by atomic mass is 16.3. The minimum Gasteiger partial charge on any atom is -0.507 e. The van der Waals surface area contributed by atoms with E-state index in [1.807, 2.05) is 31.2 Å². The highest BCUT2D eigenvalue weighted by Gasteiger charge is 2.47. The van der Waals surface area contributed by atoms with Crippen molar-refractivity contribution < 1.29 is 14.7 Å². The Labute approximate surface area is 162 Å². The molecule has 1 aliphatic rings. The Hall–Kier alpha value is -3.73. The molecule has 0 spiro atoms. The number of pyridine rings is 1. The van der Waals surface area contributed by atoms with E-state index in [1.54, 1.807) is 54.9 Å². The molecule has 138 valence electrons. The zero-order valence-corrected chi connectivity index (χ0v) is 15.2. The molecular formula is C23H18N2O3. The number of aryl methyl sites for hydroxylation is 1. The van der Waals surface area contributed by atoms with E-state index in [-0.39, 0.29) is 11.3 Å². The van der Waals surface area contributed by atoms with Crippen molar-refractivity contribution in [3.8, 4) is 0 Å². The molecule has 0 aliphatic carbocycles. The normalized spacial score (nSPS) is 18.5. The lowest BCUT2D eigenvalue weighted by Crippen LogP contribution is -2.30. The van der Waals surface area contributed by atoms with E-state index in [0.717, 1.165) is 5.56 Å². The Morgan fingerprint density at radius 3 is 2.25 bits per heavy atom. The number of nitrogens with zero attached hydrogens (tertiary/aromatic N) is 2. The molecule has 4 rings (SSSR count). The first-order valence-electron chi connectivity index (χ1n) is 8.91. The molecule has 1 fully saturated rings. The average molecular weight is 370 g/mol. The van der Waals surface area contributed by atoms with E-state index in [1.165, 1.54) is 4.90 Å². The molecule has 0 bridgehead atoms. The van der Waals surface area contributed by atoms with Crippen molar-refractivity contribution >= 4 is 23.1 Å². The van der Waals surface area contributed by atoms with Gasteiger partial charge in [-0.2, -0.15) is 0 Å². The molecule has 1 N–H and O–H groups in total. The second-order valence-electron chi connectivity index (χ2n) is 6.60. The number of hydrogen-bond donors (Lipinski definition) is 1. The lowest BCUT2D eigenvalue weighted by Gasteiger charge is -2.26. The largest absolute Gasteiger partial charge is 0.507 e. The molecule has 28 heavy (non-hydrogen) atoms. The van der Waals surface area contributed by atoms with Crippen molar-refractivity contribution in [3.63, 3.8) is 0 Å². The Morgan fingerprint density at radius 2 is 1.57 bits per heavy atom. The summed E-state index contributed by atoms with van der Waals surface area (Å²) in [6.45, 7) is 1.88. The zero-order valence-electron chi connectivity index (χ0n) is 15.2. The van der Waals surface area contributed by atoms with Gasteiger partial charge < -0.3 is 5.11 Å². The first-order valence-corrected chi connectivity index (χ1v) is 8.91. The van der Waals surface area contributed by atoms with Gasteiger partial charge in [0.05, 0.1) is 11.6 Å². The third-order valence-electron chi connectivity index (χ3n) is 4.89. The van der Waals surface area contributed by atoms with E-state index in [0.29, 0.717) is 16.8 Å². The molecule has 1 saturated heterocycles. The van der Waals surface area contributed by atoms with Gasteiger partial charge in [0.2, 0.25) is 0 Å². The molecule has 5 heteroatoms. The molecule has 1 aromatic heterocycles. The number of carbonyl (C=O) groups excluding carboxylic acids is 2. The Bertz CT molecular complexity index is 1080. The second-order valence-corrected chi connectivity index (χ2v) is 6.60. The zero-order chi connectivity index (χ0) is 19.7. The summed E-state index contributed by atoms with van der Waals surface area (Å²) in [7, 11) is 0. The van der Waals surface area contributed by atoms with Crippen LogP contribution in [0.3, 0.4) is 0 Å². The van der Waals surface area contributed by atoms with Gasteiger partial charge in [0, 0.05) is 23.6 Å². The van der Waals surface area contributed by atoms with Gasteiger partial charge in [0.1, 0.15) is 5.76 Å². The van der Waals surface area contributed by atoms with Crippen LogP contribution >= 0.6 is 0 Å². The lowest BCUT2D eigenvalue weighted by atomic mass is 9.95. The van der Waals surface area contributed by atoms with Crippen molar-refractivity contribution in [2.45, 2.75) is 13.0 Å². The molecule has 5 nitrogen and oxygen atoms in total. The predicted octanol–water partition coefficient (Wildman–Crippen LogP) is 4.02. The fourth-order valence-electron chi connectivity index (χ4n) is 3.53. The maximum atomic E-state index is 13.0. The summed E-state index contributed by atoms with van der Waals surface area (Å²) < 4.78 is 0. The van der Waals surface area contributed by atoms with Crippen molar-refractivity contribution in [1.29, 1.82) is 0 Å². The number of amides is 1. The Balaban J connectivity index is 1.97. The van der Waals surface area contributed by atoms with Crippen LogP contribution in [0.2, 0.25) is 0 Å². The topological polar surface area (TPSA) is 70.5 Å². The SMILES string of the molecule is Cc1ccccc1N1C(=O)C(=O)/C(=C(/O)c2ccccc2)C1c1ccncc1. The van der Waals surface area contributed by atoms with Gasteiger partial charge >= 0.3 is 0 Å². The van der Waals surface area contributed by atoms with Gasteiger partial charge in [0.25, 0.3) is 11.7 Å². The standard InChI is InChI=1S/C23H18N2O3/c1-15-7-5-6-10-18(15)25-20(16-11-13-24-14-12-16)19(22(27)23(25)28)21(26)17-8-3-2-4-9-17/h2-14,20,26H,1H3/b21-19+. The molecule has 3 aromatic rings. The summed E-state index contributed by atoms with van der Waals surface area (Å²) in [6.07, 6.45) is 3.21.